The highest BCUT2D eigenvalue weighted by Crippen LogP contribution is 2.19. The highest BCUT2D eigenvalue weighted by Gasteiger charge is 2.28. The Kier molecular flexibility index (Phi) is 3.37. The Morgan fingerprint density at radius 3 is 2.50 bits per heavy atom. The minimum absolute atomic E-state index is 0.134. The molecule has 2 N–H and O–H groups in total. The average molecular weight is 201 g/mol. The summed E-state index contributed by atoms with van der Waals surface area (Å²) in [5.41, 5.74) is -0.479. The highest BCUT2D eigenvalue weighted by atomic mass is 16.6. The molecule has 4 heteroatoms. The van der Waals surface area contributed by atoms with Gasteiger partial charge in [0.15, 0.2) is 0 Å². The van der Waals surface area contributed by atoms with Crippen molar-refractivity contribution in [3.8, 4) is 0 Å². The fourth-order valence-corrected chi connectivity index (χ4v) is 1.57. The van der Waals surface area contributed by atoms with Gasteiger partial charge < -0.3 is 15.2 Å². The molecule has 1 aliphatic carbocycles. The van der Waals surface area contributed by atoms with E-state index >= 15 is 0 Å². The summed E-state index contributed by atoms with van der Waals surface area (Å²) in [5.74, 6) is 0. The molecule has 0 spiro atoms. The normalized spacial score (nSPS) is 27.4. The number of carbonyl (C=O) groups is 1. The second kappa shape index (κ2) is 4.17. The van der Waals surface area contributed by atoms with Crippen molar-refractivity contribution < 1.29 is 14.6 Å². The van der Waals surface area contributed by atoms with Crippen LogP contribution in [0.2, 0.25) is 0 Å². The smallest absolute Gasteiger partial charge is 0.407 e. The molecule has 4 nitrogen and oxygen atoms in total. The Labute approximate surface area is 84.6 Å². The number of hydrogen-bond donors (Lipinski definition) is 2. The Morgan fingerprint density at radius 1 is 1.43 bits per heavy atom. The number of rotatable bonds is 1. The molecule has 2 atom stereocenters. The van der Waals surface area contributed by atoms with Crippen molar-refractivity contribution in [3.05, 3.63) is 0 Å². The number of ether oxygens (including phenoxy) is 1. The predicted molar refractivity (Wildman–Crippen MR) is 53.0 cm³/mol. The zero-order chi connectivity index (χ0) is 10.8. The van der Waals surface area contributed by atoms with Gasteiger partial charge in [0, 0.05) is 0 Å². The van der Waals surface area contributed by atoms with Crippen molar-refractivity contribution in [2.75, 3.05) is 0 Å². The lowest BCUT2D eigenvalue weighted by Gasteiger charge is -2.22. The zero-order valence-corrected chi connectivity index (χ0v) is 9.04. The third-order valence-corrected chi connectivity index (χ3v) is 2.18. The molecule has 0 heterocycles. The minimum atomic E-state index is -0.479. The van der Waals surface area contributed by atoms with E-state index in [1.54, 1.807) is 0 Å². The molecular formula is C10H19NO3. The number of hydrogen-bond acceptors (Lipinski definition) is 3. The van der Waals surface area contributed by atoms with Gasteiger partial charge in [0.2, 0.25) is 0 Å². The average Bonchev–Trinajstić information content (AvgIpc) is 2.32. The molecule has 0 bridgehead atoms. The maximum absolute atomic E-state index is 11.3. The summed E-state index contributed by atoms with van der Waals surface area (Å²) in [7, 11) is 0. The van der Waals surface area contributed by atoms with E-state index < -0.39 is 17.8 Å². The van der Waals surface area contributed by atoms with Gasteiger partial charge in [-0.1, -0.05) is 0 Å². The second-order valence-corrected chi connectivity index (χ2v) is 4.75. The first-order valence-corrected chi connectivity index (χ1v) is 5.06. The van der Waals surface area contributed by atoms with Crippen LogP contribution >= 0.6 is 0 Å². The molecule has 0 aromatic heterocycles. The lowest BCUT2D eigenvalue weighted by molar-refractivity contribution is 0.0450. The number of amides is 1. The Balaban J connectivity index is 2.33. The topological polar surface area (TPSA) is 58.6 Å². The van der Waals surface area contributed by atoms with Gasteiger partial charge >= 0.3 is 6.09 Å². The number of nitrogens with one attached hydrogen (secondary N) is 1. The molecule has 1 amide bonds. The largest absolute Gasteiger partial charge is 0.444 e. The maximum atomic E-state index is 11.3. The molecule has 1 fully saturated rings. The molecule has 0 saturated heterocycles. The summed E-state index contributed by atoms with van der Waals surface area (Å²) in [4.78, 5) is 11.3. The summed E-state index contributed by atoms with van der Waals surface area (Å²) in [5, 5.41) is 12.1. The molecule has 0 aromatic rings. The fraction of sp³-hybridized carbons (Fsp3) is 0.900. The van der Waals surface area contributed by atoms with Crippen molar-refractivity contribution in [1.29, 1.82) is 0 Å². The third kappa shape index (κ3) is 3.54. The fourth-order valence-electron chi connectivity index (χ4n) is 1.57. The van der Waals surface area contributed by atoms with Gasteiger partial charge in [-0.15, -0.1) is 0 Å². The first-order valence-electron chi connectivity index (χ1n) is 5.06. The third-order valence-electron chi connectivity index (χ3n) is 2.18. The Morgan fingerprint density at radius 2 is 2.07 bits per heavy atom. The van der Waals surface area contributed by atoms with Crippen LogP contribution in [-0.2, 0) is 4.74 Å². The summed E-state index contributed by atoms with van der Waals surface area (Å²) in [6.07, 6.45) is 1.70. The molecule has 14 heavy (non-hydrogen) atoms. The van der Waals surface area contributed by atoms with Crippen LogP contribution in [-0.4, -0.2) is 28.9 Å². The van der Waals surface area contributed by atoms with Crippen LogP contribution in [0, 0.1) is 0 Å². The minimum Gasteiger partial charge on any atom is -0.444 e. The highest BCUT2D eigenvalue weighted by molar-refractivity contribution is 5.68. The molecule has 1 aliphatic rings. The summed E-state index contributed by atoms with van der Waals surface area (Å²) in [6.45, 7) is 5.45. The van der Waals surface area contributed by atoms with E-state index in [0.717, 1.165) is 19.3 Å². The van der Waals surface area contributed by atoms with Crippen molar-refractivity contribution in [3.63, 3.8) is 0 Å². The van der Waals surface area contributed by atoms with Gasteiger partial charge in [-0.2, -0.15) is 0 Å². The first kappa shape index (κ1) is 11.3. The van der Waals surface area contributed by atoms with Gasteiger partial charge in [0.05, 0.1) is 12.1 Å². The summed E-state index contributed by atoms with van der Waals surface area (Å²) in [6, 6.07) is -0.134. The van der Waals surface area contributed by atoms with E-state index in [-0.39, 0.29) is 6.04 Å². The van der Waals surface area contributed by atoms with Gasteiger partial charge in [-0.05, 0) is 40.0 Å². The van der Waals surface area contributed by atoms with Gasteiger partial charge in [0.25, 0.3) is 0 Å². The molecule has 1 rings (SSSR count). The van der Waals surface area contributed by atoms with E-state index in [1.807, 2.05) is 20.8 Å². The van der Waals surface area contributed by atoms with Crippen LogP contribution in [0.15, 0.2) is 0 Å². The van der Waals surface area contributed by atoms with E-state index in [9.17, 15) is 9.90 Å². The monoisotopic (exact) mass is 201 g/mol. The van der Waals surface area contributed by atoms with E-state index in [0.29, 0.717) is 0 Å². The van der Waals surface area contributed by atoms with Gasteiger partial charge in [0.1, 0.15) is 5.60 Å². The summed E-state index contributed by atoms with van der Waals surface area (Å²) >= 11 is 0. The van der Waals surface area contributed by atoms with Crippen molar-refractivity contribution in [1.82, 2.24) is 5.32 Å². The second-order valence-electron chi connectivity index (χ2n) is 4.75. The molecule has 0 radical (unpaired) electrons. The SMILES string of the molecule is CC(C)(C)OC(=O)N[C@@H]1CCCC1O. The first-order chi connectivity index (χ1) is 6.38. The number of aliphatic hydroxyl groups is 1. The Hall–Kier alpha value is -0.770. The van der Waals surface area contributed by atoms with E-state index in [1.165, 1.54) is 0 Å². The van der Waals surface area contributed by atoms with Crippen LogP contribution < -0.4 is 5.32 Å². The lowest BCUT2D eigenvalue weighted by Crippen LogP contribution is -2.42. The number of alkyl carbamates (subject to hydrolysis) is 1. The zero-order valence-electron chi connectivity index (χ0n) is 9.04. The van der Waals surface area contributed by atoms with Crippen LogP contribution in [0.5, 0.6) is 0 Å². The van der Waals surface area contributed by atoms with Crippen LogP contribution in [0.4, 0.5) is 4.79 Å². The quantitative estimate of drug-likeness (QED) is 0.674. The van der Waals surface area contributed by atoms with Gasteiger partial charge in [-0.25, -0.2) is 4.79 Å². The van der Waals surface area contributed by atoms with Crippen LogP contribution in [0.1, 0.15) is 40.0 Å². The predicted octanol–water partition coefficient (Wildman–Crippen LogP) is 1.42. The van der Waals surface area contributed by atoms with Crippen molar-refractivity contribution in [2.45, 2.75) is 57.8 Å². The van der Waals surface area contributed by atoms with Crippen LogP contribution in [0.25, 0.3) is 0 Å². The summed E-state index contributed by atoms with van der Waals surface area (Å²) < 4.78 is 5.09. The van der Waals surface area contributed by atoms with Gasteiger partial charge in [-0.3, -0.25) is 0 Å². The maximum Gasteiger partial charge on any atom is 0.407 e. The van der Waals surface area contributed by atoms with Crippen molar-refractivity contribution >= 4 is 6.09 Å². The molecule has 1 saturated carbocycles. The molecular weight excluding hydrogens is 182 g/mol. The van der Waals surface area contributed by atoms with Crippen molar-refractivity contribution in [2.24, 2.45) is 0 Å². The molecule has 0 aliphatic heterocycles. The standard InChI is InChI=1S/C10H19NO3/c1-10(2,3)14-9(13)11-7-5-4-6-8(7)12/h7-8,12H,4-6H2,1-3H3,(H,11,13)/t7-,8?/m1/s1. The molecule has 0 aromatic carbocycles. The van der Waals surface area contributed by atoms with Crippen LogP contribution in [0.3, 0.4) is 0 Å². The molecule has 82 valence electrons. The lowest BCUT2D eigenvalue weighted by atomic mass is 10.2. The number of aliphatic hydroxyl groups excluding tert-OH is 1. The van der Waals surface area contributed by atoms with E-state index in [4.69, 9.17) is 4.74 Å². The number of carbonyl (C=O) groups excluding carboxylic acids is 1. The molecule has 1 unspecified atom stereocenters. The Bertz CT molecular complexity index is 210. The van der Waals surface area contributed by atoms with E-state index in [2.05, 4.69) is 5.32 Å².